The summed E-state index contributed by atoms with van der Waals surface area (Å²) in [7, 11) is 0. The second kappa shape index (κ2) is 7.60. The molecule has 2 aliphatic rings. The number of rotatable bonds is 5. The Bertz CT molecular complexity index is 798. The SMILES string of the molecule is O=C(Nc1ccccc1OC1CCCC1)C1CC(c2ccccc2)=NO1. The smallest absolute Gasteiger partial charge is 0.268 e. The minimum Gasteiger partial charge on any atom is -0.488 e. The monoisotopic (exact) mass is 350 g/mol. The quantitative estimate of drug-likeness (QED) is 0.882. The van der Waals surface area contributed by atoms with E-state index >= 15 is 0 Å². The van der Waals surface area contributed by atoms with Crippen molar-refractivity contribution in [1.29, 1.82) is 0 Å². The lowest BCUT2D eigenvalue weighted by atomic mass is 10.0. The normalized spacial score (nSPS) is 19.7. The lowest BCUT2D eigenvalue weighted by Crippen LogP contribution is -2.28. The zero-order valence-corrected chi connectivity index (χ0v) is 14.6. The predicted molar refractivity (Wildman–Crippen MR) is 100 cm³/mol. The molecule has 4 rings (SSSR count). The van der Waals surface area contributed by atoms with Crippen molar-refractivity contribution in [2.45, 2.75) is 44.3 Å². The highest BCUT2D eigenvalue weighted by atomic mass is 16.6. The van der Waals surface area contributed by atoms with Crippen molar-refractivity contribution >= 4 is 17.3 Å². The summed E-state index contributed by atoms with van der Waals surface area (Å²) in [5, 5.41) is 7.02. The number of hydrogen-bond acceptors (Lipinski definition) is 4. The van der Waals surface area contributed by atoms with Crippen LogP contribution in [0.25, 0.3) is 0 Å². The van der Waals surface area contributed by atoms with Crippen molar-refractivity contribution in [3.05, 3.63) is 60.2 Å². The topological polar surface area (TPSA) is 59.9 Å². The number of carbonyl (C=O) groups is 1. The second-order valence-electron chi connectivity index (χ2n) is 6.71. The van der Waals surface area contributed by atoms with Gasteiger partial charge in [-0.3, -0.25) is 4.79 Å². The molecule has 5 heteroatoms. The Labute approximate surface area is 153 Å². The third-order valence-corrected chi connectivity index (χ3v) is 4.81. The average Bonchev–Trinajstić information content (AvgIpc) is 3.36. The van der Waals surface area contributed by atoms with Crippen molar-refractivity contribution in [2.24, 2.45) is 5.16 Å². The summed E-state index contributed by atoms with van der Waals surface area (Å²) in [6, 6.07) is 17.3. The molecule has 1 unspecified atom stereocenters. The third-order valence-electron chi connectivity index (χ3n) is 4.81. The maximum atomic E-state index is 12.6. The highest BCUT2D eigenvalue weighted by Gasteiger charge is 2.29. The molecule has 1 aliphatic heterocycles. The van der Waals surface area contributed by atoms with E-state index < -0.39 is 6.10 Å². The predicted octanol–water partition coefficient (Wildman–Crippen LogP) is 4.14. The first-order valence-electron chi connectivity index (χ1n) is 9.14. The Morgan fingerprint density at radius 3 is 2.58 bits per heavy atom. The number of hydrogen-bond donors (Lipinski definition) is 1. The minimum absolute atomic E-state index is 0.206. The van der Waals surface area contributed by atoms with Crippen molar-refractivity contribution in [2.75, 3.05) is 5.32 Å². The maximum Gasteiger partial charge on any atom is 0.268 e. The zero-order chi connectivity index (χ0) is 17.8. The second-order valence-corrected chi connectivity index (χ2v) is 6.71. The van der Waals surface area contributed by atoms with E-state index in [2.05, 4.69) is 10.5 Å². The van der Waals surface area contributed by atoms with Gasteiger partial charge in [-0.1, -0.05) is 47.6 Å². The van der Waals surface area contributed by atoms with E-state index in [1.807, 2.05) is 54.6 Å². The average molecular weight is 350 g/mol. The summed E-state index contributed by atoms with van der Waals surface area (Å²) in [6.07, 6.45) is 4.63. The largest absolute Gasteiger partial charge is 0.488 e. The molecule has 134 valence electrons. The molecule has 0 bridgehead atoms. The molecule has 0 saturated heterocycles. The fraction of sp³-hybridized carbons (Fsp3) is 0.333. The van der Waals surface area contributed by atoms with Crippen molar-refractivity contribution in [3.63, 3.8) is 0 Å². The number of nitrogens with zero attached hydrogens (tertiary/aromatic N) is 1. The number of carbonyl (C=O) groups excluding carboxylic acids is 1. The van der Waals surface area contributed by atoms with Gasteiger partial charge in [0.15, 0.2) is 0 Å². The van der Waals surface area contributed by atoms with Crippen LogP contribution in [0.4, 0.5) is 5.69 Å². The first-order chi connectivity index (χ1) is 12.8. The Morgan fingerprint density at radius 2 is 1.77 bits per heavy atom. The van der Waals surface area contributed by atoms with Crippen LogP contribution in [0.2, 0.25) is 0 Å². The van der Waals surface area contributed by atoms with Crippen LogP contribution >= 0.6 is 0 Å². The maximum absolute atomic E-state index is 12.6. The van der Waals surface area contributed by atoms with Gasteiger partial charge >= 0.3 is 0 Å². The molecule has 1 amide bonds. The molecule has 0 aromatic heterocycles. The fourth-order valence-electron chi connectivity index (χ4n) is 3.39. The molecule has 1 N–H and O–H groups in total. The van der Waals surface area contributed by atoms with Crippen LogP contribution in [0.3, 0.4) is 0 Å². The van der Waals surface area contributed by atoms with Crippen LogP contribution in [-0.4, -0.2) is 23.8 Å². The van der Waals surface area contributed by atoms with Gasteiger partial charge in [-0.15, -0.1) is 0 Å². The molecule has 1 saturated carbocycles. The zero-order valence-electron chi connectivity index (χ0n) is 14.6. The highest BCUT2D eigenvalue weighted by molar-refractivity contribution is 6.06. The Hall–Kier alpha value is -2.82. The molecule has 2 aromatic carbocycles. The van der Waals surface area contributed by atoms with Crippen LogP contribution in [0, 0.1) is 0 Å². The Kier molecular flexibility index (Phi) is 4.86. The van der Waals surface area contributed by atoms with Gasteiger partial charge in [0.25, 0.3) is 5.91 Å². The molecule has 1 heterocycles. The molecule has 0 spiro atoms. The van der Waals surface area contributed by atoms with E-state index in [0.717, 1.165) is 29.9 Å². The Morgan fingerprint density at radius 1 is 1.04 bits per heavy atom. The number of para-hydroxylation sites is 2. The van der Waals surface area contributed by atoms with Crippen molar-refractivity contribution in [3.8, 4) is 5.75 Å². The summed E-state index contributed by atoms with van der Waals surface area (Å²) in [5.41, 5.74) is 2.45. The Balaban J connectivity index is 1.40. The van der Waals surface area contributed by atoms with Gasteiger partial charge in [0.1, 0.15) is 5.75 Å². The highest BCUT2D eigenvalue weighted by Crippen LogP contribution is 2.30. The van der Waals surface area contributed by atoms with E-state index in [4.69, 9.17) is 9.57 Å². The van der Waals surface area contributed by atoms with Gasteiger partial charge in [-0.05, 0) is 43.4 Å². The molecular formula is C21H22N2O3. The fourth-order valence-corrected chi connectivity index (χ4v) is 3.39. The lowest BCUT2D eigenvalue weighted by molar-refractivity contribution is -0.125. The van der Waals surface area contributed by atoms with Crippen LogP contribution in [-0.2, 0) is 9.63 Å². The van der Waals surface area contributed by atoms with E-state index in [0.29, 0.717) is 12.1 Å². The molecule has 1 atom stereocenters. The van der Waals surface area contributed by atoms with Crippen LogP contribution in [0.5, 0.6) is 5.75 Å². The number of benzene rings is 2. The van der Waals surface area contributed by atoms with Gasteiger partial charge in [0.2, 0.25) is 6.10 Å². The number of oxime groups is 1. The molecule has 1 aliphatic carbocycles. The minimum atomic E-state index is -0.621. The first-order valence-corrected chi connectivity index (χ1v) is 9.14. The standard InChI is InChI=1S/C21H22N2O3/c24-21(20-14-18(23-26-20)15-8-2-1-3-9-15)22-17-12-6-7-13-19(17)25-16-10-4-5-11-16/h1-3,6-9,12-13,16,20H,4-5,10-11,14H2,(H,22,24). The number of amides is 1. The number of anilines is 1. The van der Waals surface area contributed by atoms with Gasteiger partial charge in [-0.25, -0.2) is 0 Å². The van der Waals surface area contributed by atoms with E-state index in [1.54, 1.807) is 0 Å². The van der Waals surface area contributed by atoms with Gasteiger partial charge in [0.05, 0.1) is 17.5 Å². The third kappa shape index (κ3) is 3.72. The summed E-state index contributed by atoms with van der Waals surface area (Å²) in [4.78, 5) is 18.0. The molecule has 5 nitrogen and oxygen atoms in total. The summed E-state index contributed by atoms with van der Waals surface area (Å²) in [6.45, 7) is 0. The molecule has 26 heavy (non-hydrogen) atoms. The summed E-state index contributed by atoms with van der Waals surface area (Å²) < 4.78 is 6.08. The molecule has 0 radical (unpaired) electrons. The molecule has 2 aromatic rings. The van der Waals surface area contributed by atoms with Crippen LogP contribution < -0.4 is 10.1 Å². The van der Waals surface area contributed by atoms with Gasteiger partial charge in [0, 0.05) is 6.42 Å². The van der Waals surface area contributed by atoms with E-state index in [9.17, 15) is 4.79 Å². The molecular weight excluding hydrogens is 328 g/mol. The van der Waals surface area contributed by atoms with E-state index in [-0.39, 0.29) is 12.0 Å². The van der Waals surface area contributed by atoms with Crippen LogP contribution in [0.15, 0.2) is 59.8 Å². The number of ether oxygens (including phenoxy) is 1. The van der Waals surface area contributed by atoms with Crippen molar-refractivity contribution in [1.82, 2.24) is 0 Å². The summed E-state index contributed by atoms with van der Waals surface area (Å²) in [5.74, 6) is 0.511. The van der Waals surface area contributed by atoms with E-state index in [1.165, 1.54) is 12.8 Å². The van der Waals surface area contributed by atoms with Gasteiger partial charge in [-0.2, -0.15) is 0 Å². The first kappa shape index (κ1) is 16.6. The van der Waals surface area contributed by atoms with Gasteiger partial charge < -0.3 is 14.9 Å². The number of nitrogens with one attached hydrogen (secondary N) is 1. The lowest BCUT2D eigenvalue weighted by Gasteiger charge is -2.17. The summed E-state index contributed by atoms with van der Waals surface area (Å²) >= 11 is 0. The molecule has 1 fully saturated rings. The van der Waals surface area contributed by atoms with Crippen LogP contribution in [0.1, 0.15) is 37.7 Å². The van der Waals surface area contributed by atoms with Crippen molar-refractivity contribution < 1.29 is 14.4 Å².